The van der Waals surface area contributed by atoms with Gasteiger partial charge in [-0.25, -0.2) is 0 Å². The smallest absolute Gasteiger partial charge is 0.0233 e. The monoisotopic (exact) mass is 494 g/mol. The molecule has 4 aliphatic carbocycles. The molecule has 0 spiro atoms. The van der Waals surface area contributed by atoms with Crippen molar-refractivity contribution in [2.24, 2.45) is 47.3 Å². The van der Waals surface area contributed by atoms with Gasteiger partial charge in [0.25, 0.3) is 0 Å². The Labute approximate surface area is 226 Å². The average molecular weight is 495 g/mol. The summed E-state index contributed by atoms with van der Waals surface area (Å²) in [4.78, 5) is 0. The highest BCUT2D eigenvalue weighted by Crippen LogP contribution is 2.43. The molecule has 4 rings (SSSR count). The van der Waals surface area contributed by atoms with E-state index >= 15 is 0 Å². The highest BCUT2D eigenvalue weighted by molar-refractivity contribution is 4.99. The first kappa shape index (κ1) is 28.5. The molecule has 0 aliphatic heterocycles. The van der Waals surface area contributed by atoms with Gasteiger partial charge < -0.3 is 0 Å². The summed E-state index contributed by atoms with van der Waals surface area (Å²) in [6.07, 6.45) is 43.2. The summed E-state index contributed by atoms with van der Waals surface area (Å²) in [7, 11) is 0. The van der Waals surface area contributed by atoms with Crippen LogP contribution in [-0.2, 0) is 0 Å². The average Bonchev–Trinajstić information content (AvgIpc) is 2.93. The van der Waals surface area contributed by atoms with E-state index < -0.39 is 0 Å². The molecule has 0 aromatic carbocycles. The van der Waals surface area contributed by atoms with E-state index in [-0.39, 0.29) is 0 Å². The van der Waals surface area contributed by atoms with E-state index in [1.54, 1.807) is 0 Å². The minimum absolute atomic E-state index is 0.898. The molecule has 0 N–H and O–H groups in total. The van der Waals surface area contributed by atoms with Gasteiger partial charge in [-0.2, -0.15) is 0 Å². The maximum atomic E-state index is 2.68. The van der Waals surface area contributed by atoms with E-state index in [0.29, 0.717) is 0 Å². The van der Waals surface area contributed by atoms with Crippen LogP contribution in [0.1, 0.15) is 155 Å². The van der Waals surface area contributed by atoms with Crippen LogP contribution in [0.2, 0.25) is 0 Å². The predicted octanol–water partition coefficient (Wildman–Crippen LogP) is 11.7. The highest BCUT2D eigenvalue weighted by Gasteiger charge is 2.30. The summed E-state index contributed by atoms with van der Waals surface area (Å²) in [6, 6.07) is 0. The molecule has 0 aromatic rings. The van der Waals surface area contributed by atoms with Gasteiger partial charge >= 0.3 is 0 Å². The number of hydrogen-bond acceptors (Lipinski definition) is 0. The number of hydrogen-bond donors (Lipinski definition) is 0. The molecule has 0 bridgehead atoms. The quantitative estimate of drug-likeness (QED) is 0.198. The molecule has 206 valence electrons. The molecular formula is C36H62. The SMILES string of the molecule is CCCCC[C@H]1CC[C@H](C=CC2CCC(C3CCC(C=C[C@H]4CC[C@H](CCC)CC4)CC3)CC2)CC1. The van der Waals surface area contributed by atoms with Crippen molar-refractivity contribution in [2.75, 3.05) is 0 Å². The van der Waals surface area contributed by atoms with Crippen LogP contribution in [0, 0.1) is 47.3 Å². The van der Waals surface area contributed by atoms with Gasteiger partial charge in [0.05, 0.1) is 0 Å². The lowest BCUT2D eigenvalue weighted by molar-refractivity contribution is 0.166. The van der Waals surface area contributed by atoms with E-state index in [1.807, 2.05) is 0 Å². The van der Waals surface area contributed by atoms with Crippen LogP contribution in [0.25, 0.3) is 0 Å². The van der Waals surface area contributed by atoms with Crippen molar-refractivity contribution < 1.29 is 0 Å². The maximum absolute atomic E-state index is 2.68. The van der Waals surface area contributed by atoms with Gasteiger partial charge in [-0.15, -0.1) is 0 Å². The topological polar surface area (TPSA) is 0 Å². The molecule has 0 heteroatoms. The zero-order chi connectivity index (χ0) is 25.0. The molecule has 4 aliphatic rings. The van der Waals surface area contributed by atoms with Crippen molar-refractivity contribution in [2.45, 2.75) is 155 Å². The van der Waals surface area contributed by atoms with Crippen LogP contribution in [-0.4, -0.2) is 0 Å². The Kier molecular flexibility index (Phi) is 12.5. The molecular weight excluding hydrogens is 432 g/mol. The van der Waals surface area contributed by atoms with Gasteiger partial charge in [-0.3, -0.25) is 0 Å². The summed E-state index contributed by atoms with van der Waals surface area (Å²) >= 11 is 0. The molecule has 0 unspecified atom stereocenters. The number of unbranched alkanes of at least 4 members (excludes halogenated alkanes) is 2. The van der Waals surface area contributed by atoms with Gasteiger partial charge in [0.1, 0.15) is 0 Å². The van der Waals surface area contributed by atoms with Crippen LogP contribution in [0.3, 0.4) is 0 Å². The van der Waals surface area contributed by atoms with E-state index in [4.69, 9.17) is 0 Å². The zero-order valence-electron chi connectivity index (χ0n) is 24.5. The van der Waals surface area contributed by atoms with Gasteiger partial charge in [-0.1, -0.05) is 76.7 Å². The van der Waals surface area contributed by atoms with Crippen LogP contribution in [0.4, 0.5) is 0 Å². The second kappa shape index (κ2) is 15.8. The van der Waals surface area contributed by atoms with E-state index in [0.717, 1.165) is 47.3 Å². The van der Waals surface area contributed by atoms with Crippen molar-refractivity contribution in [3.05, 3.63) is 24.3 Å². The van der Waals surface area contributed by atoms with Crippen molar-refractivity contribution in [3.8, 4) is 0 Å². The fourth-order valence-corrected chi connectivity index (χ4v) is 8.68. The van der Waals surface area contributed by atoms with Crippen LogP contribution < -0.4 is 0 Å². The minimum atomic E-state index is 0.898. The molecule has 0 amide bonds. The second-order valence-corrected chi connectivity index (χ2v) is 14.0. The lowest BCUT2D eigenvalue weighted by Crippen LogP contribution is -2.25. The highest BCUT2D eigenvalue weighted by atomic mass is 14.4. The van der Waals surface area contributed by atoms with Gasteiger partial charge in [0.2, 0.25) is 0 Å². The third-order valence-corrected chi connectivity index (χ3v) is 11.3. The Morgan fingerprint density at radius 3 is 1.11 bits per heavy atom. The lowest BCUT2D eigenvalue weighted by Gasteiger charge is -2.37. The van der Waals surface area contributed by atoms with Crippen molar-refractivity contribution >= 4 is 0 Å². The molecule has 0 atom stereocenters. The first-order valence-corrected chi connectivity index (χ1v) is 17.1. The van der Waals surface area contributed by atoms with Crippen molar-refractivity contribution in [1.29, 1.82) is 0 Å². The third kappa shape index (κ3) is 9.34. The number of allylic oxidation sites excluding steroid dienone is 4. The number of rotatable bonds is 11. The van der Waals surface area contributed by atoms with E-state index in [9.17, 15) is 0 Å². The molecule has 36 heavy (non-hydrogen) atoms. The Morgan fingerprint density at radius 2 is 0.750 bits per heavy atom. The van der Waals surface area contributed by atoms with Gasteiger partial charge in [0, 0.05) is 0 Å². The third-order valence-electron chi connectivity index (χ3n) is 11.3. The molecule has 4 fully saturated rings. The summed E-state index contributed by atoms with van der Waals surface area (Å²) in [5, 5.41) is 0. The first-order valence-electron chi connectivity index (χ1n) is 17.1. The van der Waals surface area contributed by atoms with E-state index in [1.165, 1.54) is 141 Å². The molecule has 0 radical (unpaired) electrons. The maximum Gasteiger partial charge on any atom is -0.0233 e. The fourth-order valence-electron chi connectivity index (χ4n) is 8.68. The fraction of sp³-hybridized carbons (Fsp3) is 0.889. The van der Waals surface area contributed by atoms with Crippen LogP contribution >= 0.6 is 0 Å². The minimum Gasteiger partial charge on any atom is -0.0851 e. The van der Waals surface area contributed by atoms with E-state index in [2.05, 4.69) is 38.2 Å². The first-order chi connectivity index (χ1) is 17.7. The van der Waals surface area contributed by atoms with Crippen molar-refractivity contribution in [3.63, 3.8) is 0 Å². The lowest BCUT2D eigenvalue weighted by atomic mass is 9.69. The summed E-state index contributed by atoms with van der Waals surface area (Å²) < 4.78 is 0. The Balaban J connectivity index is 1.07. The molecule has 0 nitrogen and oxygen atoms in total. The summed E-state index contributed by atoms with van der Waals surface area (Å²) in [5.74, 6) is 7.79. The van der Waals surface area contributed by atoms with Gasteiger partial charge in [-0.05, 0) is 150 Å². The largest absolute Gasteiger partial charge is 0.0851 e. The molecule has 4 saturated carbocycles. The normalized spacial score (nSPS) is 38.6. The predicted molar refractivity (Wildman–Crippen MR) is 159 cm³/mol. The Morgan fingerprint density at radius 1 is 0.389 bits per heavy atom. The Hall–Kier alpha value is -0.520. The molecule has 0 saturated heterocycles. The molecule has 0 aromatic heterocycles. The molecule has 0 heterocycles. The Bertz CT molecular complexity index is 610. The van der Waals surface area contributed by atoms with Crippen LogP contribution in [0.5, 0.6) is 0 Å². The van der Waals surface area contributed by atoms with Gasteiger partial charge in [0.15, 0.2) is 0 Å². The zero-order valence-corrected chi connectivity index (χ0v) is 24.5. The van der Waals surface area contributed by atoms with Crippen LogP contribution in [0.15, 0.2) is 24.3 Å². The summed E-state index contributed by atoms with van der Waals surface area (Å²) in [5.41, 5.74) is 0. The van der Waals surface area contributed by atoms with Crippen molar-refractivity contribution in [1.82, 2.24) is 0 Å². The second-order valence-electron chi connectivity index (χ2n) is 14.0. The standard InChI is InChI=1S/C36H62/c1-3-5-6-8-30-11-15-32(16-12-30)18-20-34-23-27-36(28-24-34)35-25-21-33(22-26-35)19-17-31-13-9-29(7-4-2)10-14-31/h17-20,29-36H,3-16,21-28H2,1-2H3/t29-,30-,31-,32-,33?,34?,35?,36?. The summed E-state index contributed by atoms with van der Waals surface area (Å²) in [6.45, 7) is 4.69.